The number of nitriles is 1. The molecule has 0 atom stereocenters. The van der Waals surface area contributed by atoms with Crippen molar-refractivity contribution in [3.05, 3.63) is 59.2 Å². The van der Waals surface area contributed by atoms with Gasteiger partial charge >= 0.3 is 0 Å². The van der Waals surface area contributed by atoms with Gasteiger partial charge in [-0.3, -0.25) is 4.98 Å². The molecule has 0 fully saturated rings. The van der Waals surface area contributed by atoms with Crippen molar-refractivity contribution in [1.29, 1.82) is 5.26 Å². The smallest absolute Gasteiger partial charge is 0.139 e. The molecule has 3 nitrogen and oxygen atoms in total. The van der Waals surface area contributed by atoms with E-state index in [2.05, 4.69) is 16.8 Å². The molecule has 0 bridgehead atoms. The maximum atomic E-state index is 13.7. The monoisotopic (exact) mass is 300 g/mol. The summed E-state index contributed by atoms with van der Waals surface area (Å²) < 4.78 is 19.2. The second-order valence-corrected chi connectivity index (χ2v) is 4.32. The zero-order valence-electron chi connectivity index (χ0n) is 10.9. The Hall–Kier alpha value is -2.56. The summed E-state index contributed by atoms with van der Waals surface area (Å²) in [6.07, 6.45) is 3.11. The van der Waals surface area contributed by atoms with Crippen LogP contribution >= 0.6 is 11.6 Å². The third-order valence-electron chi connectivity index (χ3n) is 2.59. The van der Waals surface area contributed by atoms with Crippen molar-refractivity contribution < 1.29 is 9.13 Å². The molecule has 21 heavy (non-hydrogen) atoms. The maximum Gasteiger partial charge on any atom is 0.139 e. The molecule has 0 radical (unpaired) electrons. The number of pyridine rings is 1. The molecule has 1 aromatic heterocycles. The Labute approximate surface area is 127 Å². The molecule has 2 rings (SSSR count). The summed E-state index contributed by atoms with van der Waals surface area (Å²) >= 11 is 5.48. The highest BCUT2D eigenvalue weighted by Crippen LogP contribution is 2.15. The molecule has 104 valence electrons. The Morgan fingerprint density at radius 2 is 2.10 bits per heavy atom. The van der Waals surface area contributed by atoms with Crippen LogP contribution in [0.4, 0.5) is 4.39 Å². The Bertz CT molecular complexity index is 744. The number of benzene rings is 1. The number of hydrogen-bond donors (Lipinski definition) is 0. The van der Waals surface area contributed by atoms with Crippen molar-refractivity contribution >= 4 is 11.6 Å². The summed E-state index contributed by atoms with van der Waals surface area (Å²) in [6.45, 7) is 0.0472. The quantitative estimate of drug-likeness (QED) is 0.645. The maximum absolute atomic E-state index is 13.7. The summed E-state index contributed by atoms with van der Waals surface area (Å²) in [4.78, 5) is 3.99. The average molecular weight is 301 g/mol. The number of alkyl halides is 1. The Morgan fingerprint density at radius 3 is 2.81 bits per heavy atom. The third-order valence-corrected chi connectivity index (χ3v) is 2.72. The van der Waals surface area contributed by atoms with Crippen molar-refractivity contribution in [2.24, 2.45) is 0 Å². The van der Waals surface area contributed by atoms with Gasteiger partial charge in [0.15, 0.2) is 0 Å². The lowest BCUT2D eigenvalue weighted by Gasteiger charge is -2.07. The number of hydrogen-bond acceptors (Lipinski definition) is 3. The molecule has 0 saturated heterocycles. The fourth-order valence-electron chi connectivity index (χ4n) is 1.60. The highest BCUT2D eigenvalue weighted by Gasteiger charge is 2.05. The Balaban J connectivity index is 2.08. The van der Waals surface area contributed by atoms with Gasteiger partial charge in [0, 0.05) is 17.3 Å². The zero-order valence-corrected chi connectivity index (χ0v) is 11.7. The second-order valence-electron chi connectivity index (χ2n) is 4.05. The molecule has 2 aromatic rings. The lowest BCUT2D eigenvalue weighted by atomic mass is 10.1. The van der Waals surface area contributed by atoms with Crippen LogP contribution in [0.1, 0.15) is 16.7 Å². The van der Waals surface area contributed by atoms with Crippen LogP contribution in [0.15, 0.2) is 36.7 Å². The third kappa shape index (κ3) is 4.21. The first-order valence-corrected chi connectivity index (χ1v) is 6.57. The van der Waals surface area contributed by atoms with Crippen LogP contribution in [-0.4, -0.2) is 10.9 Å². The summed E-state index contributed by atoms with van der Waals surface area (Å²) in [5.74, 6) is 5.79. The van der Waals surface area contributed by atoms with Gasteiger partial charge in [0.1, 0.15) is 18.2 Å². The van der Waals surface area contributed by atoms with Crippen LogP contribution in [0.25, 0.3) is 0 Å². The largest absolute Gasteiger partial charge is 0.487 e. The SMILES string of the molecule is N#Cc1ccc(COc2cncc(C#CCCl)c2)c(F)c1. The summed E-state index contributed by atoms with van der Waals surface area (Å²) in [6, 6.07) is 7.83. The first-order chi connectivity index (χ1) is 10.2. The van der Waals surface area contributed by atoms with E-state index in [0.717, 1.165) is 0 Å². The molecular weight excluding hydrogens is 291 g/mol. The number of ether oxygens (including phenoxy) is 1. The number of halogens is 2. The highest BCUT2D eigenvalue weighted by molar-refractivity contribution is 6.19. The first-order valence-electron chi connectivity index (χ1n) is 6.04. The van der Waals surface area contributed by atoms with E-state index in [1.807, 2.05) is 6.07 Å². The van der Waals surface area contributed by atoms with Crippen LogP contribution < -0.4 is 4.74 Å². The number of aromatic nitrogens is 1. The molecular formula is C16H10ClFN2O. The fourth-order valence-corrected chi connectivity index (χ4v) is 1.66. The lowest BCUT2D eigenvalue weighted by Crippen LogP contribution is -1.99. The zero-order chi connectivity index (χ0) is 15.1. The molecule has 0 aliphatic carbocycles. The van der Waals surface area contributed by atoms with E-state index >= 15 is 0 Å². The van der Waals surface area contributed by atoms with Crippen molar-refractivity contribution in [1.82, 2.24) is 4.98 Å². The Kier molecular flexibility index (Phi) is 5.15. The van der Waals surface area contributed by atoms with Gasteiger partial charge in [0.05, 0.1) is 23.7 Å². The predicted octanol–water partition coefficient (Wildman–Crippen LogP) is 3.26. The van der Waals surface area contributed by atoms with E-state index in [-0.39, 0.29) is 18.1 Å². The molecule has 0 amide bonds. The van der Waals surface area contributed by atoms with Crippen LogP contribution in [0.5, 0.6) is 5.75 Å². The average Bonchev–Trinajstić information content (AvgIpc) is 2.52. The first kappa shape index (κ1) is 14.8. The fraction of sp³-hybridized carbons (Fsp3) is 0.125. The highest BCUT2D eigenvalue weighted by atomic mass is 35.5. The van der Waals surface area contributed by atoms with Crippen LogP contribution in [-0.2, 0) is 6.61 Å². The van der Waals surface area contributed by atoms with E-state index in [4.69, 9.17) is 21.6 Å². The lowest BCUT2D eigenvalue weighted by molar-refractivity contribution is 0.298. The summed E-state index contributed by atoms with van der Waals surface area (Å²) in [5.41, 5.74) is 1.32. The minimum Gasteiger partial charge on any atom is -0.487 e. The summed E-state index contributed by atoms with van der Waals surface area (Å²) in [7, 11) is 0. The van der Waals surface area contributed by atoms with Gasteiger partial charge < -0.3 is 4.74 Å². The number of nitrogens with zero attached hydrogens (tertiary/aromatic N) is 2. The van der Waals surface area contributed by atoms with Gasteiger partial charge in [-0.05, 0) is 18.2 Å². The minimum atomic E-state index is -0.472. The van der Waals surface area contributed by atoms with Crippen LogP contribution in [0, 0.1) is 29.0 Å². The van der Waals surface area contributed by atoms with Gasteiger partial charge in [-0.15, -0.1) is 11.6 Å². The van der Waals surface area contributed by atoms with Crippen LogP contribution in [0.3, 0.4) is 0 Å². The molecule has 0 N–H and O–H groups in total. The molecule has 0 aliphatic rings. The molecule has 1 aromatic carbocycles. The van der Waals surface area contributed by atoms with Gasteiger partial charge in [-0.2, -0.15) is 5.26 Å². The van der Waals surface area contributed by atoms with Crippen molar-refractivity contribution in [3.8, 4) is 23.7 Å². The standard InChI is InChI=1S/C16H10ClFN2O/c17-5-1-2-13-6-15(10-20-9-13)21-11-14-4-3-12(8-19)7-16(14)18/h3-4,6-7,9-10H,5,11H2. The molecule has 5 heteroatoms. The van der Waals surface area contributed by atoms with Gasteiger partial charge in [-0.1, -0.05) is 17.9 Å². The Morgan fingerprint density at radius 1 is 1.24 bits per heavy atom. The van der Waals surface area contributed by atoms with Gasteiger partial charge in [0.25, 0.3) is 0 Å². The van der Waals surface area contributed by atoms with Crippen molar-refractivity contribution in [2.45, 2.75) is 6.61 Å². The van der Waals surface area contributed by atoms with Crippen molar-refractivity contribution in [2.75, 3.05) is 5.88 Å². The van der Waals surface area contributed by atoms with E-state index in [1.165, 1.54) is 18.3 Å². The molecule has 0 saturated carbocycles. The van der Waals surface area contributed by atoms with Crippen molar-refractivity contribution in [3.63, 3.8) is 0 Å². The van der Waals surface area contributed by atoms with Gasteiger partial charge in [0.2, 0.25) is 0 Å². The normalized spacial score (nSPS) is 9.38. The van der Waals surface area contributed by atoms with Crippen LogP contribution in [0.2, 0.25) is 0 Å². The molecule has 0 spiro atoms. The number of rotatable bonds is 3. The second kappa shape index (κ2) is 7.28. The predicted molar refractivity (Wildman–Crippen MR) is 77.3 cm³/mol. The van der Waals surface area contributed by atoms with E-state index < -0.39 is 5.82 Å². The molecule has 0 unspecified atom stereocenters. The molecule has 1 heterocycles. The molecule has 0 aliphatic heterocycles. The minimum absolute atomic E-state index is 0.0472. The topological polar surface area (TPSA) is 45.9 Å². The summed E-state index contributed by atoms with van der Waals surface area (Å²) in [5, 5.41) is 8.68. The van der Waals surface area contributed by atoms with E-state index in [1.54, 1.807) is 18.3 Å². The van der Waals surface area contributed by atoms with Gasteiger partial charge in [-0.25, -0.2) is 4.39 Å². The van der Waals surface area contributed by atoms with E-state index in [9.17, 15) is 4.39 Å². The van der Waals surface area contributed by atoms with E-state index in [0.29, 0.717) is 16.9 Å².